The van der Waals surface area contributed by atoms with Gasteiger partial charge in [-0.15, -0.1) is 0 Å². The van der Waals surface area contributed by atoms with Crippen molar-refractivity contribution >= 4 is 17.2 Å². The number of amides is 1. The molecule has 0 saturated heterocycles. The summed E-state index contributed by atoms with van der Waals surface area (Å²) < 4.78 is 5.12. The summed E-state index contributed by atoms with van der Waals surface area (Å²) in [6.45, 7) is 2.12. The topological polar surface area (TPSA) is 58.6 Å². The van der Waals surface area contributed by atoms with E-state index < -0.39 is 6.10 Å². The molecule has 0 aliphatic carbocycles. The maximum Gasteiger partial charge on any atom is 0.223 e. The lowest BCUT2D eigenvalue weighted by Gasteiger charge is -2.15. The summed E-state index contributed by atoms with van der Waals surface area (Å²) in [5.74, 6) is 0.605. The van der Waals surface area contributed by atoms with Crippen LogP contribution < -0.4 is 10.1 Å². The third-order valence-electron chi connectivity index (χ3n) is 3.55. The Morgan fingerprint density at radius 3 is 2.64 bits per heavy atom. The Labute approximate surface area is 134 Å². The van der Waals surface area contributed by atoms with E-state index in [0.29, 0.717) is 6.42 Å². The largest absolute Gasteiger partial charge is 0.497 e. The second-order valence-corrected chi connectivity index (χ2v) is 6.05. The third kappa shape index (κ3) is 4.58. The highest BCUT2D eigenvalue weighted by Gasteiger charge is 2.15. The van der Waals surface area contributed by atoms with Crippen molar-refractivity contribution in [2.75, 3.05) is 13.7 Å². The van der Waals surface area contributed by atoms with Crippen molar-refractivity contribution in [1.82, 2.24) is 5.32 Å². The molecular weight excluding hydrogens is 298 g/mol. The van der Waals surface area contributed by atoms with Crippen molar-refractivity contribution in [3.8, 4) is 5.75 Å². The Bertz CT molecular complexity index is 580. The average Bonchev–Trinajstić information content (AvgIpc) is 3.07. The predicted octanol–water partition coefficient (Wildman–Crippen LogP) is 2.79. The lowest BCUT2D eigenvalue weighted by molar-refractivity contribution is -0.124. The normalized spacial score (nSPS) is 13.4. The third-order valence-corrected chi connectivity index (χ3v) is 4.25. The minimum atomic E-state index is -0.650. The first-order chi connectivity index (χ1) is 10.6. The fourth-order valence-corrected chi connectivity index (χ4v) is 2.87. The molecule has 0 spiro atoms. The molecule has 0 radical (unpaired) electrons. The Hall–Kier alpha value is -1.85. The molecule has 2 aromatic rings. The summed E-state index contributed by atoms with van der Waals surface area (Å²) in [6.07, 6.45) is 0.00747. The summed E-state index contributed by atoms with van der Waals surface area (Å²) in [6, 6.07) is 9.56. The number of thiophene rings is 1. The van der Waals surface area contributed by atoms with Gasteiger partial charge in [-0.25, -0.2) is 0 Å². The number of nitrogens with one attached hydrogen (secondary N) is 1. The Balaban J connectivity index is 1.81. The zero-order valence-electron chi connectivity index (χ0n) is 12.8. The second kappa shape index (κ2) is 7.96. The molecule has 0 fully saturated rings. The van der Waals surface area contributed by atoms with Gasteiger partial charge in [-0.2, -0.15) is 11.3 Å². The van der Waals surface area contributed by atoms with Crippen LogP contribution in [0.5, 0.6) is 5.75 Å². The lowest BCUT2D eigenvalue weighted by Crippen LogP contribution is -2.33. The summed E-state index contributed by atoms with van der Waals surface area (Å²) in [7, 11) is 1.63. The van der Waals surface area contributed by atoms with Gasteiger partial charge < -0.3 is 15.2 Å². The molecule has 0 saturated carbocycles. The van der Waals surface area contributed by atoms with E-state index in [1.807, 2.05) is 48.0 Å². The first-order valence-corrected chi connectivity index (χ1v) is 8.15. The van der Waals surface area contributed by atoms with Gasteiger partial charge in [-0.05, 0) is 46.5 Å². The first-order valence-electron chi connectivity index (χ1n) is 7.21. The molecule has 1 aromatic carbocycles. The van der Waals surface area contributed by atoms with E-state index in [-0.39, 0.29) is 18.4 Å². The average molecular weight is 319 g/mol. The van der Waals surface area contributed by atoms with Crippen molar-refractivity contribution < 1.29 is 14.6 Å². The molecule has 0 aliphatic heterocycles. The van der Waals surface area contributed by atoms with Crippen molar-refractivity contribution in [1.29, 1.82) is 0 Å². The van der Waals surface area contributed by atoms with Crippen LogP contribution in [0.3, 0.4) is 0 Å². The van der Waals surface area contributed by atoms with Gasteiger partial charge >= 0.3 is 0 Å². The molecule has 5 heteroatoms. The molecular formula is C17H21NO3S. The van der Waals surface area contributed by atoms with Crippen LogP contribution in [0.2, 0.25) is 0 Å². The molecule has 0 aliphatic rings. The molecule has 118 valence electrons. The van der Waals surface area contributed by atoms with Crippen LogP contribution in [0.25, 0.3) is 0 Å². The molecule has 1 amide bonds. The van der Waals surface area contributed by atoms with E-state index in [0.717, 1.165) is 16.9 Å². The van der Waals surface area contributed by atoms with Crippen LogP contribution in [0.15, 0.2) is 41.1 Å². The van der Waals surface area contributed by atoms with Crippen LogP contribution in [0.1, 0.15) is 24.2 Å². The molecule has 4 nitrogen and oxygen atoms in total. The van der Waals surface area contributed by atoms with Crippen LogP contribution in [0, 0.1) is 5.92 Å². The summed E-state index contributed by atoms with van der Waals surface area (Å²) in [4.78, 5) is 12.1. The summed E-state index contributed by atoms with van der Waals surface area (Å²) in [5.41, 5.74) is 1.93. The molecule has 2 unspecified atom stereocenters. The number of carbonyl (C=O) groups excluding carboxylic acids is 1. The number of benzene rings is 1. The highest BCUT2D eigenvalue weighted by molar-refractivity contribution is 7.07. The molecule has 1 aromatic heterocycles. The standard InChI is InChI=1S/C17H21NO3S/c1-12(9-13-3-5-15(21-2)6-4-13)17(20)18-10-16(19)14-7-8-22-11-14/h3-8,11-12,16,19H,9-10H2,1-2H3,(H,18,20). The summed E-state index contributed by atoms with van der Waals surface area (Å²) in [5, 5.41) is 16.6. The number of methoxy groups -OCH3 is 1. The SMILES string of the molecule is COc1ccc(CC(C)C(=O)NCC(O)c2ccsc2)cc1. The van der Waals surface area contributed by atoms with Crippen LogP contribution in [-0.4, -0.2) is 24.7 Å². The number of aliphatic hydroxyl groups is 1. The molecule has 0 bridgehead atoms. The molecule has 2 rings (SSSR count). The van der Waals surface area contributed by atoms with Crippen molar-refractivity contribution in [3.63, 3.8) is 0 Å². The quantitative estimate of drug-likeness (QED) is 0.825. The van der Waals surface area contributed by atoms with E-state index in [1.165, 1.54) is 11.3 Å². The Morgan fingerprint density at radius 1 is 1.32 bits per heavy atom. The molecule has 2 atom stereocenters. The molecule has 1 heterocycles. The van der Waals surface area contributed by atoms with E-state index in [1.54, 1.807) is 7.11 Å². The van der Waals surface area contributed by atoms with Gasteiger partial charge in [0.2, 0.25) is 5.91 Å². The maximum absolute atomic E-state index is 12.1. The van der Waals surface area contributed by atoms with Crippen molar-refractivity contribution in [3.05, 3.63) is 52.2 Å². The predicted molar refractivity (Wildman–Crippen MR) is 88.2 cm³/mol. The van der Waals surface area contributed by atoms with E-state index in [2.05, 4.69) is 5.32 Å². The minimum Gasteiger partial charge on any atom is -0.497 e. The molecule has 22 heavy (non-hydrogen) atoms. The Kier molecular flexibility index (Phi) is 5.98. The number of carbonyl (C=O) groups is 1. The van der Waals surface area contributed by atoms with Crippen LogP contribution in [0.4, 0.5) is 0 Å². The van der Waals surface area contributed by atoms with E-state index >= 15 is 0 Å². The zero-order valence-corrected chi connectivity index (χ0v) is 13.6. The minimum absolute atomic E-state index is 0.0508. The van der Waals surface area contributed by atoms with Gasteiger partial charge in [0, 0.05) is 12.5 Å². The van der Waals surface area contributed by atoms with Crippen LogP contribution in [-0.2, 0) is 11.2 Å². The van der Waals surface area contributed by atoms with Gasteiger partial charge in [0.15, 0.2) is 0 Å². The van der Waals surface area contributed by atoms with Gasteiger partial charge in [0.05, 0.1) is 13.2 Å². The smallest absolute Gasteiger partial charge is 0.223 e. The monoisotopic (exact) mass is 319 g/mol. The van der Waals surface area contributed by atoms with Crippen LogP contribution >= 0.6 is 11.3 Å². The number of hydrogen-bond acceptors (Lipinski definition) is 4. The number of rotatable bonds is 7. The highest BCUT2D eigenvalue weighted by Crippen LogP contribution is 2.16. The Morgan fingerprint density at radius 2 is 2.05 bits per heavy atom. The van der Waals surface area contributed by atoms with Gasteiger partial charge in [-0.1, -0.05) is 19.1 Å². The van der Waals surface area contributed by atoms with Crippen molar-refractivity contribution in [2.45, 2.75) is 19.4 Å². The van der Waals surface area contributed by atoms with Crippen molar-refractivity contribution in [2.24, 2.45) is 5.92 Å². The number of aliphatic hydroxyl groups excluding tert-OH is 1. The van der Waals surface area contributed by atoms with Gasteiger partial charge in [0.1, 0.15) is 5.75 Å². The fraction of sp³-hybridized carbons (Fsp3) is 0.353. The maximum atomic E-state index is 12.1. The summed E-state index contributed by atoms with van der Waals surface area (Å²) >= 11 is 1.53. The number of ether oxygens (including phenoxy) is 1. The lowest BCUT2D eigenvalue weighted by atomic mass is 10.00. The highest BCUT2D eigenvalue weighted by atomic mass is 32.1. The number of hydrogen-bond donors (Lipinski definition) is 2. The van der Waals surface area contributed by atoms with Gasteiger partial charge in [0.25, 0.3) is 0 Å². The zero-order chi connectivity index (χ0) is 15.9. The first kappa shape index (κ1) is 16.5. The van der Waals surface area contributed by atoms with E-state index in [9.17, 15) is 9.90 Å². The second-order valence-electron chi connectivity index (χ2n) is 5.27. The van der Waals surface area contributed by atoms with E-state index in [4.69, 9.17) is 4.74 Å². The van der Waals surface area contributed by atoms with Gasteiger partial charge in [-0.3, -0.25) is 4.79 Å². The fourth-order valence-electron chi connectivity index (χ4n) is 2.16. The molecule has 2 N–H and O–H groups in total.